The Balaban J connectivity index is 1.30. The minimum absolute atomic E-state index is 0.105. The summed E-state index contributed by atoms with van der Waals surface area (Å²) < 4.78 is 5.48. The van der Waals surface area contributed by atoms with Gasteiger partial charge in [0.25, 0.3) is 0 Å². The van der Waals surface area contributed by atoms with E-state index in [2.05, 4.69) is 25.8 Å². The van der Waals surface area contributed by atoms with Crippen LogP contribution in [-0.2, 0) is 4.79 Å². The lowest BCUT2D eigenvalue weighted by Crippen LogP contribution is -2.51. The predicted molar refractivity (Wildman–Crippen MR) is 113 cm³/mol. The second-order valence-electron chi connectivity index (χ2n) is 7.74. The lowest BCUT2D eigenvalue weighted by atomic mass is 9.95. The Morgan fingerprint density at radius 1 is 1.00 bits per heavy atom. The number of rotatable bonds is 4. The first-order valence-electron chi connectivity index (χ1n) is 10.4. The van der Waals surface area contributed by atoms with Crippen molar-refractivity contribution in [2.75, 3.05) is 56.2 Å². The first-order chi connectivity index (χ1) is 14.2. The number of amides is 1. The molecule has 0 unspecified atom stereocenters. The minimum atomic E-state index is 0.105. The number of ether oxygens (including phenoxy) is 1. The third kappa shape index (κ3) is 4.28. The Bertz CT molecular complexity index is 843. The van der Waals surface area contributed by atoms with Crippen molar-refractivity contribution in [2.45, 2.75) is 19.8 Å². The zero-order chi connectivity index (χ0) is 20.2. The summed E-state index contributed by atoms with van der Waals surface area (Å²) in [6.07, 6.45) is 3.53. The highest BCUT2D eigenvalue weighted by Crippen LogP contribution is 2.29. The number of carbonyl (C=O) groups is 1. The standard InChI is InChI=1S/C22H29N5O2/c1-17-7-10-23-22(24-17)27-11-8-18(9-12-27)21(28)26-15-13-25(14-16-26)19-5-3-4-6-20(19)29-2/h3-7,10,18H,8-9,11-16H2,1-2H3. The van der Waals surface area contributed by atoms with Crippen molar-refractivity contribution in [1.82, 2.24) is 14.9 Å². The predicted octanol–water partition coefficient (Wildman–Crippen LogP) is 2.36. The Morgan fingerprint density at radius 2 is 1.72 bits per heavy atom. The lowest BCUT2D eigenvalue weighted by molar-refractivity contribution is -0.136. The molecule has 1 aromatic heterocycles. The Hall–Kier alpha value is -2.83. The number of carbonyl (C=O) groups excluding carboxylic acids is 1. The second-order valence-corrected chi connectivity index (χ2v) is 7.74. The molecule has 1 amide bonds. The van der Waals surface area contributed by atoms with Crippen molar-refractivity contribution < 1.29 is 9.53 Å². The van der Waals surface area contributed by atoms with Crippen LogP contribution < -0.4 is 14.5 Å². The zero-order valence-corrected chi connectivity index (χ0v) is 17.3. The van der Waals surface area contributed by atoms with Gasteiger partial charge in [-0.1, -0.05) is 12.1 Å². The number of aromatic nitrogens is 2. The van der Waals surface area contributed by atoms with E-state index in [0.29, 0.717) is 5.91 Å². The molecule has 2 aromatic rings. The van der Waals surface area contributed by atoms with Crippen LogP contribution >= 0.6 is 0 Å². The van der Waals surface area contributed by atoms with Crippen LogP contribution in [0.25, 0.3) is 0 Å². The van der Waals surface area contributed by atoms with E-state index in [0.717, 1.165) is 75.2 Å². The molecule has 7 heteroatoms. The fraction of sp³-hybridized carbons (Fsp3) is 0.500. The first-order valence-corrected chi connectivity index (χ1v) is 10.4. The van der Waals surface area contributed by atoms with Gasteiger partial charge in [-0.15, -0.1) is 0 Å². The van der Waals surface area contributed by atoms with Crippen LogP contribution in [0, 0.1) is 12.8 Å². The quantitative estimate of drug-likeness (QED) is 0.792. The van der Waals surface area contributed by atoms with E-state index < -0.39 is 0 Å². The number of aryl methyl sites for hydroxylation is 1. The van der Waals surface area contributed by atoms with Gasteiger partial charge < -0.3 is 19.4 Å². The lowest BCUT2D eigenvalue weighted by Gasteiger charge is -2.39. The van der Waals surface area contributed by atoms with Crippen molar-refractivity contribution >= 4 is 17.5 Å². The Morgan fingerprint density at radius 3 is 2.41 bits per heavy atom. The van der Waals surface area contributed by atoms with Crippen LogP contribution in [-0.4, -0.2) is 67.2 Å². The highest BCUT2D eigenvalue weighted by atomic mass is 16.5. The number of nitrogens with zero attached hydrogens (tertiary/aromatic N) is 5. The van der Waals surface area contributed by atoms with Gasteiger partial charge in [-0.05, 0) is 38.0 Å². The minimum Gasteiger partial charge on any atom is -0.495 e. The smallest absolute Gasteiger partial charge is 0.225 e. The summed E-state index contributed by atoms with van der Waals surface area (Å²) in [6.45, 7) is 6.84. The first kappa shape index (κ1) is 19.5. The summed E-state index contributed by atoms with van der Waals surface area (Å²) in [6, 6.07) is 9.99. The average molecular weight is 396 g/mol. The van der Waals surface area contributed by atoms with Crippen LogP contribution in [0.1, 0.15) is 18.5 Å². The molecule has 2 saturated heterocycles. The fourth-order valence-corrected chi connectivity index (χ4v) is 4.23. The van der Waals surface area contributed by atoms with E-state index in [1.54, 1.807) is 13.3 Å². The molecule has 0 spiro atoms. The van der Waals surface area contributed by atoms with E-state index in [1.165, 1.54) is 0 Å². The average Bonchev–Trinajstić information content (AvgIpc) is 2.79. The molecule has 0 atom stereocenters. The largest absolute Gasteiger partial charge is 0.495 e. The molecule has 7 nitrogen and oxygen atoms in total. The van der Waals surface area contributed by atoms with Crippen LogP contribution in [0.3, 0.4) is 0 Å². The summed E-state index contributed by atoms with van der Waals surface area (Å²) in [5, 5.41) is 0. The van der Waals surface area contributed by atoms with Gasteiger partial charge in [-0.2, -0.15) is 0 Å². The third-order valence-corrected chi connectivity index (χ3v) is 5.93. The molecule has 3 heterocycles. The van der Waals surface area contributed by atoms with Crippen molar-refractivity contribution in [3.05, 3.63) is 42.2 Å². The summed E-state index contributed by atoms with van der Waals surface area (Å²) in [5.74, 6) is 2.07. The number of anilines is 2. The molecule has 0 radical (unpaired) electrons. The van der Waals surface area contributed by atoms with Gasteiger partial charge in [-0.25, -0.2) is 9.97 Å². The zero-order valence-electron chi connectivity index (χ0n) is 17.3. The molecule has 2 aliphatic heterocycles. The maximum Gasteiger partial charge on any atom is 0.225 e. The third-order valence-electron chi connectivity index (χ3n) is 5.93. The molecular weight excluding hydrogens is 366 g/mol. The van der Waals surface area contributed by atoms with Gasteiger partial charge in [-0.3, -0.25) is 4.79 Å². The number of methoxy groups -OCH3 is 1. The molecule has 154 valence electrons. The molecule has 2 aliphatic rings. The van der Waals surface area contributed by atoms with Gasteiger partial charge in [0.15, 0.2) is 0 Å². The van der Waals surface area contributed by atoms with E-state index >= 15 is 0 Å². The van der Waals surface area contributed by atoms with Gasteiger partial charge in [0, 0.05) is 57.1 Å². The van der Waals surface area contributed by atoms with Crippen molar-refractivity contribution in [2.24, 2.45) is 5.92 Å². The molecule has 1 aromatic carbocycles. The van der Waals surface area contributed by atoms with E-state index in [4.69, 9.17) is 4.74 Å². The van der Waals surface area contributed by atoms with Crippen LogP contribution in [0.5, 0.6) is 5.75 Å². The molecule has 29 heavy (non-hydrogen) atoms. The summed E-state index contributed by atoms with van der Waals surface area (Å²) >= 11 is 0. The fourth-order valence-electron chi connectivity index (χ4n) is 4.23. The monoisotopic (exact) mass is 395 g/mol. The van der Waals surface area contributed by atoms with E-state index in [9.17, 15) is 4.79 Å². The van der Waals surface area contributed by atoms with Gasteiger partial charge >= 0.3 is 0 Å². The van der Waals surface area contributed by atoms with Crippen molar-refractivity contribution in [1.29, 1.82) is 0 Å². The highest BCUT2D eigenvalue weighted by molar-refractivity contribution is 5.79. The number of piperidine rings is 1. The molecule has 4 rings (SSSR count). The molecule has 0 saturated carbocycles. The van der Waals surface area contributed by atoms with E-state index in [-0.39, 0.29) is 5.92 Å². The maximum atomic E-state index is 13.0. The topological polar surface area (TPSA) is 61.8 Å². The van der Waals surface area contributed by atoms with Gasteiger partial charge in [0.2, 0.25) is 11.9 Å². The molecular formula is C22H29N5O2. The van der Waals surface area contributed by atoms with Crippen LogP contribution in [0.2, 0.25) is 0 Å². The number of piperazine rings is 1. The summed E-state index contributed by atoms with van der Waals surface area (Å²) in [4.78, 5) is 28.5. The van der Waals surface area contributed by atoms with Crippen molar-refractivity contribution in [3.8, 4) is 5.75 Å². The SMILES string of the molecule is COc1ccccc1N1CCN(C(=O)C2CCN(c3nccc(C)n3)CC2)CC1. The Labute approximate surface area is 172 Å². The molecule has 0 aliphatic carbocycles. The molecule has 2 fully saturated rings. The highest BCUT2D eigenvalue weighted by Gasteiger charge is 2.31. The normalized spacial score (nSPS) is 18.1. The number of hydrogen-bond acceptors (Lipinski definition) is 6. The number of para-hydroxylation sites is 2. The molecule has 0 N–H and O–H groups in total. The number of hydrogen-bond donors (Lipinski definition) is 0. The second kappa shape index (κ2) is 8.68. The van der Waals surface area contributed by atoms with E-state index in [1.807, 2.05) is 36.1 Å². The van der Waals surface area contributed by atoms with Gasteiger partial charge in [0.1, 0.15) is 5.75 Å². The van der Waals surface area contributed by atoms with Crippen molar-refractivity contribution in [3.63, 3.8) is 0 Å². The Kier molecular flexibility index (Phi) is 5.83. The molecule has 0 bridgehead atoms. The maximum absolute atomic E-state index is 13.0. The summed E-state index contributed by atoms with van der Waals surface area (Å²) in [5.41, 5.74) is 2.08. The van der Waals surface area contributed by atoms with Crippen LogP contribution in [0.15, 0.2) is 36.5 Å². The van der Waals surface area contributed by atoms with Crippen LogP contribution in [0.4, 0.5) is 11.6 Å². The summed E-state index contributed by atoms with van der Waals surface area (Å²) in [7, 11) is 1.70. The number of benzene rings is 1. The van der Waals surface area contributed by atoms with Gasteiger partial charge in [0.05, 0.1) is 12.8 Å².